The maximum Gasteiger partial charge on any atom is 0.194 e. The molecule has 0 bridgehead atoms. The Bertz CT molecular complexity index is 538. The molecule has 0 radical (unpaired) electrons. The lowest BCUT2D eigenvalue weighted by molar-refractivity contribution is 0.211. The van der Waals surface area contributed by atoms with Crippen molar-refractivity contribution in [1.29, 1.82) is 0 Å². The molecule has 4 atom stereocenters. The predicted octanol–water partition coefficient (Wildman–Crippen LogP) is 3.65. The minimum absolute atomic E-state index is 0.448. The maximum atomic E-state index is 13.3. The van der Waals surface area contributed by atoms with Crippen LogP contribution in [-0.4, -0.2) is 43.0 Å². The molecule has 2 nitrogen and oxygen atoms in total. The van der Waals surface area contributed by atoms with Gasteiger partial charge in [0.1, 0.15) is 0 Å². The van der Waals surface area contributed by atoms with Crippen molar-refractivity contribution in [1.82, 2.24) is 9.80 Å². The lowest BCUT2D eigenvalue weighted by Gasteiger charge is -2.27. The molecule has 2 aliphatic rings. The Kier molecular flexibility index (Phi) is 4.70. The molecule has 5 heteroatoms. The van der Waals surface area contributed by atoms with Crippen LogP contribution in [0.1, 0.15) is 31.2 Å². The van der Waals surface area contributed by atoms with E-state index in [-0.39, 0.29) is 0 Å². The third-order valence-electron chi connectivity index (χ3n) is 5.80. The first-order valence-electron chi connectivity index (χ1n) is 8.35. The largest absolute Gasteiger partial charge is 0.306 e. The summed E-state index contributed by atoms with van der Waals surface area (Å²) in [7, 11) is 6.29. The number of rotatable bonds is 4. The lowest BCUT2D eigenvalue weighted by Crippen LogP contribution is -2.31. The summed E-state index contributed by atoms with van der Waals surface area (Å²) in [5.74, 6) is -2.08. The van der Waals surface area contributed by atoms with Gasteiger partial charge < -0.3 is 4.90 Å². The Labute approximate surface area is 136 Å². The van der Waals surface area contributed by atoms with Crippen molar-refractivity contribution >= 4 is 0 Å². The fourth-order valence-electron chi connectivity index (χ4n) is 4.45. The van der Waals surface area contributed by atoms with E-state index in [9.17, 15) is 13.2 Å². The molecule has 0 aliphatic heterocycles. The quantitative estimate of drug-likeness (QED) is 0.779. The molecular formula is C18H25F3N2. The standard InChI is InChI=1S/C18H25F3N2/c1-22(2)14-6-12-8-15(9-13(12)7-14)23(3)10-11-4-16(19)18(21)17(20)5-11/h4-5,12-15H,6-10H2,1-3H3/t12-,13+,14?,15?. The van der Waals surface area contributed by atoms with Crippen molar-refractivity contribution in [2.45, 2.75) is 44.3 Å². The molecule has 2 fully saturated rings. The zero-order valence-electron chi connectivity index (χ0n) is 14.0. The molecule has 23 heavy (non-hydrogen) atoms. The van der Waals surface area contributed by atoms with E-state index < -0.39 is 17.5 Å². The molecule has 2 aliphatic carbocycles. The summed E-state index contributed by atoms with van der Waals surface area (Å²) >= 11 is 0. The van der Waals surface area contributed by atoms with Gasteiger partial charge in [0, 0.05) is 18.6 Å². The van der Waals surface area contributed by atoms with Crippen molar-refractivity contribution < 1.29 is 13.2 Å². The van der Waals surface area contributed by atoms with Gasteiger partial charge in [-0.1, -0.05) is 0 Å². The fraction of sp³-hybridized carbons (Fsp3) is 0.667. The van der Waals surface area contributed by atoms with E-state index in [2.05, 4.69) is 23.9 Å². The van der Waals surface area contributed by atoms with Crippen LogP contribution < -0.4 is 0 Å². The highest BCUT2D eigenvalue weighted by Crippen LogP contribution is 2.46. The first kappa shape index (κ1) is 16.8. The summed E-state index contributed by atoms with van der Waals surface area (Å²) in [6, 6.07) is 3.35. The SMILES string of the molecule is CN(C)C1C[C@@H]2CC(N(C)Cc3cc(F)c(F)c(F)c3)C[C@@H]2C1. The molecule has 0 heterocycles. The van der Waals surface area contributed by atoms with Crippen LogP contribution in [0.5, 0.6) is 0 Å². The highest BCUT2D eigenvalue weighted by atomic mass is 19.2. The van der Waals surface area contributed by atoms with Crippen molar-refractivity contribution in [3.05, 3.63) is 35.1 Å². The molecule has 1 aromatic carbocycles. The number of hydrogen-bond acceptors (Lipinski definition) is 2. The minimum atomic E-state index is -1.39. The highest BCUT2D eigenvalue weighted by Gasteiger charge is 2.43. The van der Waals surface area contributed by atoms with Gasteiger partial charge in [0.25, 0.3) is 0 Å². The monoisotopic (exact) mass is 326 g/mol. The molecular weight excluding hydrogens is 301 g/mol. The van der Waals surface area contributed by atoms with Crippen LogP contribution in [-0.2, 0) is 6.54 Å². The van der Waals surface area contributed by atoms with Crippen LogP contribution in [0.15, 0.2) is 12.1 Å². The molecule has 3 rings (SSSR count). The second-order valence-electron chi connectivity index (χ2n) is 7.52. The summed E-state index contributed by atoms with van der Waals surface area (Å²) in [6.07, 6.45) is 4.80. The van der Waals surface area contributed by atoms with Gasteiger partial charge in [-0.3, -0.25) is 4.90 Å². The molecule has 0 N–H and O–H groups in total. The minimum Gasteiger partial charge on any atom is -0.306 e. The molecule has 0 amide bonds. The Balaban J connectivity index is 1.60. The summed E-state index contributed by atoms with van der Waals surface area (Å²) in [5.41, 5.74) is 0.493. The normalized spacial score (nSPS) is 30.4. The topological polar surface area (TPSA) is 6.48 Å². The Hall–Kier alpha value is -1.07. The third-order valence-corrected chi connectivity index (χ3v) is 5.80. The Morgan fingerprint density at radius 1 is 0.870 bits per heavy atom. The Morgan fingerprint density at radius 3 is 1.83 bits per heavy atom. The van der Waals surface area contributed by atoms with Crippen LogP contribution in [0, 0.1) is 29.3 Å². The van der Waals surface area contributed by atoms with Gasteiger partial charge in [0.05, 0.1) is 0 Å². The smallest absolute Gasteiger partial charge is 0.194 e. The molecule has 128 valence electrons. The zero-order valence-corrected chi connectivity index (χ0v) is 14.0. The van der Waals surface area contributed by atoms with Crippen LogP contribution in [0.4, 0.5) is 13.2 Å². The number of hydrogen-bond donors (Lipinski definition) is 0. The van der Waals surface area contributed by atoms with Crippen molar-refractivity contribution in [3.8, 4) is 0 Å². The number of fused-ring (bicyclic) bond motifs is 1. The highest BCUT2D eigenvalue weighted by molar-refractivity contribution is 5.19. The molecule has 0 saturated heterocycles. The van der Waals surface area contributed by atoms with Gasteiger partial charge >= 0.3 is 0 Å². The van der Waals surface area contributed by atoms with Crippen molar-refractivity contribution in [2.75, 3.05) is 21.1 Å². The van der Waals surface area contributed by atoms with Gasteiger partial charge in [-0.25, -0.2) is 13.2 Å². The second-order valence-corrected chi connectivity index (χ2v) is 7.52. The van der Waals surface area contributed by atoms with Crippen LogP contribution >= 0.6 is 0 Å². The van der Waals surface area contributed by atoms with Gasteiger partial charge in [-0.15, -0.1) is 0 Å². The third kappa shape index (κ3) is 3.41. The lowest BCUT2D eigenvalue weighted by atomic mass is 10.0. The van der Waals surface area contributed by atoms with Gasteiger partial charge in [-0.05, 0) is 76.4 Å². The number of halogens is 3. The average molecular weight is 326 g/mol. The molecule has 2 saturated carbocycles. The van der Waals surface area contributed by atoms with Crippen molar-refractivity contribution in [2.24, 2.45) is 11.8 Å². The van der Waals surface area contributed by atoms with E-state index in [1.54, 1.807) is 0 Å². The Morgan fingerprint density at radius 2 is 1.35 bits per heavy atom. The summed E-state index contributed by atoms with van der Waals surface area (Å²) in [5, 5.41) is 0. The molecule has 2 unspecified atom stereocenters. The van der Waals surface area contributed by atoms with Gasteiger partial charge in [-0.2, -0.15) is 0 Å². The van der Waals surface area contributed by atoms with E-state index in [0.29, 0.717) is 24.2 Å². The van der Waals surface area contributed by atoms with Crippen LogP contribution in [0.2, 0.25) is 0 Å². The van der Waals surface area contributed by atoms with Crippen LogP contribution in [0.25, 0.3) is 0 Å². The van der Waals surface area contributed by atoms with E-state index in [1.165, 1.54) is 12.8 Å². The first-order chi connectivity index (χ1) is 10.8. The summed E-state index contributed by atoms with van der Waals surface area (Å²) < 4.78 is 39.7. The fourth-order valence-corrected chi connectivity index (χ4v) is 4.45. The first-order valence-corrected chi connectivity index (χ1v) is 8.35. The van der Waals surface area contributed by atoms with Gasteiger partial charge in [0.2, 0.25) is 0 Å². The van der Waals surface area contributed by atoms with Crippen LogP contribution in [0.3, 0.4) is 0 Å². The summed E-state index contributed by atoms with van der Waals surface area (Å²) in [6.45, 7) is 0.454. The predicted molar refractivity (Wildman–Crippen MR) is 84.5 cm³/mol. The van der Waals surface area contributed by atoms with Crippen molar-refractivity contribution in [3.63, 3.8) is 0 Å². The zero-order chi connectivity index (χ0) is 16.7. The second kappa shape index (κ2) is 6.44. The van der Waals surface area contributed by atoms with Gasteiger partial charge in [0.15, 0.2) is 17.5 Å². The van der Waals surface area contributed by atoms with E-state index >= 15 is 0 Å². The summed E-state index contributed by atoms with van der Waals surface area (Å²) in [4.78, 5) is 4.48. The molecule has 1 aromatic rings. The van der Waals surface area contributed by atoms with E-state index in [0.717, 1.165) is 36.8 Å². The van der Waals surface area contributed by atoms with E-state index in [1.807, 2.05) is 7.05 Å². The average Bonchev–Trinajstić information content (AvgIpc) is 3.03. The number of nitrogens with zero attached hydrogens (tertiary/aromatic N) is 2. The molecule has 0 spiro atoms. The number of benzene rings is 1. The maximum absolute atomic E-state index is 13.3. The van der Waals surface area contributed by atoms with E-state index in [4.69, 9.17) is 0 Å². The molecule has 0 aromatic heterocycles.